The predicted molar refractivity (Wildman–Crippen MR) is 77.4 cm³/mol. The van der Waals surface area contributed by atoms with Gasteiger partial charge in [-0.25, -0.2) is 0 Å². The first-order valence-electron chi connectivity index (χ1n) is 6.81. The Balaban J connectivity index is 1.56. The molecular formula is C17H15NO3. The van der Waals surface area contributed by atoms with Gasteiger partial charge < -0.3 is 9.64 Å². The van der Waals surface area contributed by atoms with Crippen molar-refractivity contribution >= 4 is 11.9 Å². The van der Waals surface area contributed by atoms with E-state index >= 15 is 0 Å². The fraction of sp³-hybridized carbons (Fsp3) is 0.176. The van der Waals surface area contributed by atoms with E-state index in [-0.39, 0.29) is 25.0 Å². The summed E-state index contributed by atoms with van der Waals surface area (Å²) in [6.45, 7) is 0.685. The summed E-state index contributed by atoms with van der Waals surface area (Å²) in [6, 6.07) is 16.9. The Kier molecular flexibility index (Phi) is 3.69. The molecule has 2 aromatic carbocycles. The van der Waals surface area contributed by atoms with Crippen LogP contribution in [0.3, 0.4) is 0 Å². The zero-order valence-electron chi connectivity index (χ0n) is 11.5. The second-order valence-electron chi connectivity index (χ2n) is 4.96. The van der Waals surface area contributed by atoms with Crippen LogP contribution in [0.2, 0.25) is 0 Å². The van der Waals surface area contributed by atoms with E-state index < -0.39 is 0 Å². The molecule has 1 aliphatic rings. The van der Waals surface area contributed by atoms with Crippen molar-refractivity contribution in [2.75, 3.05) is 6.54 Å². The van der Waals surface area contributed by atoms with Crippen molar-refractivity contribution in [1.82, 2.24) is 4.90 Å². The van der Waals surface area contributed by atoms with Gasteiger partial charge in [-0.15, -0.1) is 0 Å². The lowest BCUT2D eigenvalue weighted by atomic mass is 10.1. The lowest BCUT2D eigenvalue weighted by molar-refractivity contribution is -0.145. The van der Waals surface area contributed by atoms with Crippen molar-refractivity contribution in [3.05, 3.63) is 71.3 Å². The largest absolute Gasteiger partial charge is 0.459 e. The molecule has 1 heterocycles. The van der Waals surface area contributed by atoms with E-state index in [0.717, 1.165) is 11.1 Å². The highest BCUT2D eigenvalue weighted by Gasteiger charge is 2.28. The summed E-state index contributed by atoms with van der Waals surface area (Å²) < 4.78 is 5.20. The van der Waals surface area contributed by atoms with Gasteiger partial charge in [-0.1, -0.05) is 48.5 Å². The van der Waals surface area contributed by atoms with Crippen molar-refractivity contribution in [2.45, 2.75) is 13.2 Å². The monoisotopic (exact) mass is 281 g/mol. The fourth-order valence-corrected chi connectivity index (χ4v) is 2.38. The van der Waals surface area contributed by atoms with Gasteiger partial charge in [0.1, 0.15) is 13.2 Å². The molecule has 4 heteroatoms. The van der Waals surface area contributed by atoms with Crippen molar-refractivity contribution in [3.8, 4) is 0 Å². The molecule has 4 nitrogen and oxygen atoms in total. The molecule has 0 fully saturated rings. The molecule has 0 spiro atoms. The molecule has 1 aliphatic heterocycles. The van der Waals surface area contributed by atoms with Crippen LogP contribution in [-0.2, 0) is 22.7 Å². The quantitative estimate of drug-likeness (QED) is 0.808. The Labute approximate surface area is 123 Å². The first-order valence-corrected chi connectivity index (χ1v) is 6.81. The zero-order chi connectivity index (χ0) is 14.7. The summed E-state index contributed by atoms with van der Waals surface area (Å²) in [5.41, 5.74) is 2.56. The molecule has 21 heavy (non-hydrogen) atoms. The molecule has 0 bridgehead atoms. The van der Waals surface area contributed by atoms with Crippen LogP contribution in [0.25, 0.3) is 0 Å². The molecule has 1 amide bonds. The molecule has 0 aromatic heterocycles. The normalized spacial score (nSPS) is 13.1. The van der Waals surface area contributed by atoms with E-state index in [1.165, 1.54) is 4.90 Å². The Morgan fingerprint density at radius 3 is 2.52 bits per heavy atom. The number of esters is 1. The van der Waals surface area contributed by atoms with E-state index in [4.69, 9.17) is 4.74 Å². The zero-order valence-corrected chi connectivity index (χ0v) is 11.5. The van der Waals surface area contributed by atoms with Gasteiger partial charge in [-0.05, 0) is 17.2 Å². The van der Waals surface area contributed by atoms with Gasteiger partial charge in [0, 0.05) is 12.1 Å². The van der Waals surface area contributed by atoms with Crippen molar-refractivity contribution in [1.29, 1.82) is 0 Å². The number of carbonyl (C=O) groups is 2. The summed E-state index contributed by atoms with van der Waals surface area (Å²) in [5.74, 6) is -0.498. The van der Waals surface area contributed by atoms with Crippen LogP contribution in [0.15, 0.2) is 54.6 Å². The number of carbonyl (C=O) groups excluding carboxylic acids is 2. The summed E-state index contributed by atoms with van der Waals surface area (Å²) >= 11 is 0. The Hall–Kier alpha value is -2.62. The molecule has 0 radical (unpaired) electrons. The minimum atomic E-state index is -0.389. The molecule has 2 aromatic rings. The van der Waals surface area contributed by atoms with Crippen molar-refractivity contribution < 1.29 is 14.3 Å². The molecule has 106 valence electrons. The van der Waals surface area contributed by atoms with Gasteiger partial charge in [0.25, 0.3) is 5.91 Å². The van der Waals surface area contributed by atoms with Crippen LogP contribution in [-0.4, -0.2) is 23.3 Å². The summed E-state index contributed by atoms with van der Waals surface area (Å²) in [5, 5.41) is 0. The van der Waals surface area contributed by atoms with Crippen LogP contribution < -0.4 is 0 Å². The minimum absolute atomic E-state index is 0.0135. The van der Waals surface area contributed by atoms with Gasteiger partial charge in [-0.3, -0.25) is 9.59 Å². The SMILES string of the molecule is O=C(CN1Cc2ccccc2C1=O)OCc1ccccc1. The van der Waals surface area contributed by atoms with E-state index in [1.54, 1.807) is 6.07 Å². The highest BCUT2D eigenvalue weighted by atomic mass is 16.5. The molecule has 0 unspecified atom stereocenters. The molecule has 0 atom stereocenters. The highest BCUT2D eigenvalue weighted by Crippen LogP contribution is 2.21. The third-order valence-corrected chi connectivity index (χ3v) is 3.46. The number of hydrogen-bond acceptors (Lipinski definition) is 3. The topological polar surface area (TPSA) is 46.6 Å². The molecular weight excluding hydrogens is 266 g/mol. The number of nitrogens with zero attached hydrogens (tertiary/aromatic N) is 1. The van der Waals surface area contributed by atoms with E-state index in [9.17, 15) is 9.59 Å². The summed E-state index contributed by atoms with van der Waals surface area (Å²) in [7, 11) is 0. The Morgan fingerprint density at radius 1 is 1.05 bits per heavy atom. The molecule has 0 aliphatic carbocycles. The van der Waals surface area contributed by atoms with Crippen LogP contribution in [0.1, 0.15) is 21.5 Å². The third-order valence-electron chi connectivity index (χ3n) is 3.46. The number of amides is 1. The lowest BCUT2D eigenvalue weighted by Crippen LogP contribution is -2.31. The van der Waals surface area contributed by atoms with Crippen molar-refractivity contribution in [3.63, 3.8) is 0 Å². The number of benzene rings is 2. The third kappa shape index (κ3) is 2.94. The van der Waals surface area contributed by atoms with Gasteiger partial charge >= 0.3 is 5.97 Å². The molecule has 3 rings (SSSR count). The number of ether oxygens (including phenoxy) is 1. The minimum Gasteiger partial charge on any atom is -0.459 e. The van der Waals surface area contributed by atoms with Gasteiger partial charge in [0.2, 0.25) is 0 Å². The van der Waals surface area contributed by atoms with E-state index in [2.05, 4.69) is 0 Å². The highest BCUT2D eigenvalue weighted by molar-refractivity contribution is 5.99. The maximum absolute atomic E-state index is 12.1. The molecule has 0 saturated carbocycles. The van der Waals surface area contributed by atoms with Gasteiger partial charge in [0.15, 0.2) is 0 Å². The average Bonchev–Trinajstić information content (AvgIpc) is 2.83. The number of hydrogen-bond donors (Lipinski definition) is 0. The Morgan fingerprint density at radius 2 is 1.76 bits per heavy atom. The van der Waals surface area contributed by atoms with Gasteiger partial charge in [-0.2, -0.15) is 0 Å². The first-order chi connectivity index (χ1) is 10.2. The maximum atomic E-state index is 12.1. The summed E-state index contributed by atoms with van der Waals surface area (Å²) in [6.07, 6.45) is 0. The second kappa shape index (κ2) is 5.79. The Bertz CT molecular complexity index is 667. The molecule has 0 N–H and O–H groups in total. The second-order valence-corrected chi connectivity index (χ2v) is 4.96. The van der Waals surface area contributed by atoms with Crippen LogP contribution >= 0.6 is 0 Å². The lowest BCUT2D eigenvalue weighted by Gasteiger charge is -2.14. The van der Waals surface area contributed by atoms with E-state index in [0.29, 0.717) is 12.1 Å². The van der Waals surface area contributed by atoms with E-state index in [1.807, 2.05) is 48.5 Å². The predicted octanol–water partition coefficient (Wildman–Crippen LogP) is 2.39. The first kappa shape index (κ1) is 13.4. The smallest absolute Gasteiger partial charge is 0.325 e. The number of fused-ring (bicyclic) bond motifs is 1. The van der Waals surface area contributed by atoms with Crippen LogP contribution in [0.5, 0.6) is 0 Å². The van der Waals surface area contributed by atoms with Crippen LogP contribution in [0.4, 0.5) is 0 Å². The summed E-state index contributed by atoms with van der Waals surface area (Å²) in [4.78, 5) is 25.5. The number of rotatable bonds is 4. The average molecular weight is 281 g/mol. The maximum Gasteiger partial charge on any atom is 0.325 e. The van der Waals surface area contributed by atoms with Crippen LogP contribution in [0, 0.1) is 0 Å². The fourth-order valence-electron chi connectivity index (χ4n) is 2.38. The van der Waals surface area contributed by atoms with Crippen molar-refractivity contribution in [2.24, 2.45) is 0 Å². The molecule has 0 saturated heterocycles. The standard InChI is InChI=1S/C17H15NO3/c19-16(21-12-13-6-2-1-3-7-13)11-18-10-14-8-4-5-9-15(14)17(18)20/h1-9H,10-12H2. The van der Waals surface area contributed by atoms with Gasteiger partial charge in [0.05, 0.1) is 0 Å².